The Hall–Kier alpha value is -7.80. The summed E-state index contributed by atoms with van der Waals surface area (Å²) < 4.78 is 0. The van der Waals surface area contributed by atoms with Gasteiger partial charge in [-0.1, -0.05) is 213 Å². The van der Waals surface area contributed by atoms with Crippen LogP contribution in [0.2, 0.25) is 0 Å². The molecule has 4 aliphatic carbocycles. The highest BCUT2D eigenvalue weighted by atomic mass is 14.3. The summed E-state index contributed by atoms with van der Waals surface area (Å²) in [6.45, 7) is 6.83. The van der Waals surface area contributed by atoms with Crippen LogP contribution in [0.15, 0.2) is 236 Å². The molecular formula is C66H52. The Balaban J connectivity index is 1.08. The van der Waals surface area contributed by atoms with Crippen molar-refractivity contribution in [3.63, 3.8) is 0 Å². The Bertz CT molecular complexity index is 3370. The third-order valence-corrected chi connectivity index (χ3v) is 13.8. The van der Waals surface area contributed by atoms with Crippen molar-refractivity contribution in [3.8, 4) is 22.3 Å². The minimum Gasteiger partial charge on any atom is -0.0801 e. The van der Waals surface area contributed by atoms with E-state index in [-0.39, 0.29) is 5.92 Å². The van der Waals surface area contributed by atoms with Crippen LogP contribution < -0.4 is 0 Å². The lowest BCUT2D eigenvalue weighted by Gasteiger charge is -2.19. The lowest BCUT2D eigenvalue weighted by molar-refractivity contribution is 0.970. The highest BCUT2D eigenvalue weighted by Crippen LogP contribution is 2.48. The Labute approximate surface area is 390 Å². The van der Waals surface area contributed by atoms with Crippen LogP contribution in [0.25, 0.3) is 66.5 Å². The molecule has 0 heterocycles. The van der Waals surface area contributed by atoms with Gasteiger partial charge in [-0.25, -0.2) is 0 Å². The van der Waals surface area contributed by atoms with Crippen LogP contribution in [0, 0.1) is 6.92 Å². The second-order valence-electron chi connectivity index (χ2n) is 18.0. The fraction of sp³-hybridized carbons (Fsp3) is 0.0909. The van der Waals surface area contributed by atoms with Gasteiger partial charge in [0.2, 0.25) is 0 Å². The lowest BCUT2D eigenvalue weighted by Crippen LogP contribution is -1.98. The van der Waals surface area contributed by atoms with Gasteiger partial charge in [-0.05, 0) is 179 Å². The van der Waals surface area contributed by atoms with E-state index >= 15 is 0 Å². The summed E-state index contributed by atoms with van der Waals surface area (Å²) in [5.41, 5.74) is 25.0. The molecule has 0 saturated heterocycles. The number of benzene rings is 7. The third-order valence-electron chi connectivity index (χ3n) is 13.8. The van der Waals surface area contributed by atoms with Crippen LogP contribution in [0.1, 0.15) is 82.7 Å². The monoisotopic (exact) mass is 844 g/mol. The molecule has 0 aliphatic heterocycles. The summed E-state index contributed by atoms with van der Waals surface area (Å²) >= 11 is 0. The van der Waals surface area contributed by atoms with Crippen molar-refractivity contribution in [2.75, 3.05) is 0 Å². The molecule has 7 aromatic rings. The maximum atomic E-state index is 2.43. The van der Waals surface area contributed by atoms with Gasteiger partial charge in [-0.3, -0.25) is 0 Å². The smallest absolute Gasteiger partial charge is 0.000123 e. The normalized spacial score (nSPS) is 17.0. The zero-order valence-corrected chi connectivity index (χ0v) is 37.9. The second-order valence-corrected chi connectivity index (χ2v) is 18.0. The SMILES string of the molecule is C/C(=C\C(=C/C(C)c1ccccc1)c1ccccc1)c1cccc(-c2cc(/C3=C/C=C/C4=C(C=CCC=C4)c4cccc3c4C)cc(-c3ccc4c5c(cccc35)C3=C4C=CCC=C3)c2)c1. The first-order valence-electron chi connectivity index (χ1n) is 23.5. The van der Waals surface area contributed by atoms with E-state index in [2.05, 4.69) is 251 Å². The van der Waals surface area contributed by atoms with Gasteiger partial charge in [0.05, 0.1) is 0 Å². The number of fused-ring (bicyclic) bond motifs is 5. The Kier molecular flexibility index (Phi) is 10.9. The van der Waals surface area contributed by atoms with E-state index in [4.69, 9.17) is 0 Å². The largest absolute Gasteiger partial charge is 0.0801 e. The molecule has 0 aromatic heterocycles. The van der Waals surface area contributed by atoms with Gasteiger partial charge in [-0.2, -0.15) is 0 Å². The van der Waals surface area contributed by atoms with Crippen molar-refractivity contribution in [2.24, 2.45) is 0 Å². The number of hydrogen-bond donors (Lipinski definition) is 0. The maximum absolute atomic E-state index is 2.43. The molecule has 11 rings (SSSR count). The van der Waals surface area contributed by atoms with Gasteiger partial charge in [0.15, 0.2) is 0 Å². The average molecular weight is 845 g/mol. The molecule has 0 radical (unpaired) electrons. The fourth-order valence-electron chi connectivity index (χ4n) is 10.4. The van der Waals surface area contributed by atoms with E-state index in [1.54, 1.807) is 0 Å². The van der Waals surface area contributed by atoms with Gasteiger partial charge in [-0.15, -0.1) is 0 Å². The first-order chi connectivity index (χ1) is 32.5. The lowest BCUT2D eigenvalue weighted by atomic mass is 9.85. The van der Waals surface area contributed by atoms with Gasteiger partial charge < -0.3 is 0 Å². The van der Waals surface area contributed by atoms with Crippen molar-refractivity contribution in [1.82, 2.24) is 0 Å². The zero-order valence-electron chi connectivity index (χ0n) is 37.9. The van der Waals surface area contributed by atoms with E-state index in [0.29, 0.717) is 0 Å². The van der Waals surface area contributed by atoms with E-state index in [1.165, 1.54) is 122 Å². The molecule has 0 N–H and O–H groups in total. The summed E-state index contributed by atoms with van der Waals surface area (Å²) in [5.74, 6) is 0.257. The van der Waals surface area contributed by atoms with Crippen molar-refractivity contribution < 1.29 is 0 Å². The van der Waals surface area contributed by atoms with Crippen molar-refractivity contribution in [2.45, 2.75) is 39.5 Å². The molecule has 66 heavy (non-hydrogen) atoms. The van der Waals surface area contributed by atoms with Gasteiger partial charge in [0, 0.05) is 0 Å². The minimum absolute atomic E-state index is 0.257. The van der Waals surface area contributed by atoms with Crippen LogP contribution in [0.4, 0.5) is 0 Å². The molecule has 1 unspecified atom stereocenters. The molecular weight excluding hydrogens is 793 g/mol. The maximum Gasteiger partial charge on any atom is -0.000123 e. The minimum atomic E-state index is 0.257. The quantitative estimate of drug-likeness (QED) is 0.134. The molecule has 1 atom stereocenters. The third kappa shape index (κ3) is 7.69. The number of allylic oxidation sites excluding steroid dienone is 19. The molecule has 2 bridgehead atoms. The van der Waals surface area contributed by atoms with Gasteiger partial charge in [0.25, 0.3) is 0 Å². The Morgan fingerprint density at radius 3 is 1.92 bits per heavy atom. The van der Waals surface area contributed by atoms with E-state index in [0.717, 1.165) is 12.8 Å². The molecule has 0 spiro atoms. The molecule has 316 valence electrons. The highest BCUT2D eigenvalue weighted by Gasteiger charge is 2.24. The predicted octanol–water partition coefficient (Wildman–Crippen LogP) is 17.8. The second kappa shape index (κ2) is 17.6. The van der Waals surface area contributed by atoms with Gasteiger partial charge >= 0.3 is 0 Å². The summed E-state index contributed by atoms with van der Waals surface area (Å²) in [6, 6.07) is 56.4. The van der Waals surface area contributed by atoms with Crippen molar-refractivity contribution in [3.05, 3.63) is 286 Å². The molecule has 0 fully saturated rings. The summed E-state index contributed by atoms with van der Waals surface area (Å²) in [5, 5.41) is 2.63. The van der Waals surface area contributed by atoms with E-state index < -0.39 is 0 Å². The van der Waals surface area contributed by atoms with Crippen LogP contribution in [0.3, 0.4) is 0 Å². The van der Waals surface area contributed by atoms with Crippen LogP contribution in [-0.2, 0) is 0 Å². The van der Waals surface area contributed by atoms with E-state index in [9.17, 15) is 0 Å². The molecule has 0 saturated carbocycles. The number of rotatable bonds is 8. The van der Waals surface area contributed by atoms with Gasteiger partial charge in [0.1, 0.15) is 0 Å². The molecule has 0 amide bonds. The topological polar surface area (TPSA) is 0 Å². The first-order valence-corrected chi connectivity index (χ1v) is 23.5. The van der Waals surface area contributed by atoms with E-state index in [1.807, 2.05) is 0 Å². The first kappa shape index (κ1) is 40.9. The Morgan fingerprint density at radius 2 is 1.12 bits per heavy atom. The molecule has 0 heteroatoms. The highest BCUT2D eigenvalue weighted by molar-refractivity contribution is 6.20. The number of hydrogen-bond acceptors (Lipinski definition) is 0. The van der Waals surface area contributed by atoms with Crippen LogP contribution in [0.5, 0.6) is 0 Å². The molecule has 7 aromatic carbocycles. The molecule has 0 nitrogen and oxygen atoms in total. The van der Waals surface area contributed by atoms with Crippen LogP contribution >= 0.6 is 0 Å². The van der Waals surface area contributed by atoms with Crippen LogP contribution in [-0.4, -0.2) is 0 Å². The van der Waals surface area contributed by atoms with Crippen molar-refractivity contribution >= 4 is 44.2 Å². The summed E-state index contributed by atoms with van der Waals surface area (Å²) in [6.07, 6.45) is 31.8. The van der Waals surface area contributed by atoms with Crippen molar-refractivity contribution in [1.29, 1.82) is 0 Å². The predicted molar refractivity (Wildman–Crippen MR) is 285 cm³/mol. The molecule has 4 aliphatic rings. The summed E-state index contributed by atoms with van der Waals surface area (Å²) in [4.78, 5) is 0. The standard InChI is InChI=1S/C66H52/c1-44(47-20-8-4-9-21-47)38-52(48-22-10-5-11-23-48)39-45(2)50-26-16-27-51(40-50)53-41-54(59-33-17-25-49-24-12-6-13-28-58(49)56-31-18-32-57(59)46(56)3)43-55(42-53)60-36-37-65-62-30-15-7-14-29-61(62)64-35-19-34-63(60)66(64)65/h4-5,8-44H,6-7H2,1-3H3/b25-17+,45-39+,52-38+,59-33-. The fourth-order valence-corrected chi connectivity index (χ4v) is 10.4. The average Bonchev–Trinajstić information content (AvgIpc) is 3.55. The Morgan fingerprint density at radius 1 is 0.500 bits per heavy atom. The summed E-state index contributed by atoms with van der Waals surface area (Å²) in [7, 11) is 0. The zero-order chi connectivity index (χ0) is 44.6.